The monoisotopic (exact) mass is 379 g/mol. The molecule has 2 amide bonds. The summed E-state index contributed by atoms with van der Waals surface area (Å²) >= 11 is 1.62. The first-order valence-electron chi connectivity index (χ1n) is 8.77. The van der Waals surface area contributed by atoms with Crippen molar-refractivity contribution < 1.29 is 9.59 Å². The van der Waals surface area contributed by atoms with Crippen molar-refractivity contribution in [2.24, 2.45) is 0 Å². The van der Waals surface area contributed by atoms with Crippen molar-refractivity contribution in [3.05, 3.63) is 70.5 Å². The summed E-state index contributed by atoms with van der Waals surface area (Å²) in [6, 6.07) is 16.7. The first-order chi connectivity index (χ1) is 13.1. The van der Waals surface area contributed by atoms with E-state index in [0.717, 1.165) is 22.0 Å². The minimum absolute atomic E-state index is 0.0683. The Morgan fingerprint density at radius 2 is 1.78 bits per heavy atom. The smallest absolute Gasteiger partial charge is 0.251 e. The molecule has 0 saturated carbocycles. The molecule has 5 nitrogen and oxygen atoms in total. The second kappa shape index (κ2) is 9.09. The average molecular weight is 379 g/mol. The molecule has 2 aromatic carbocycles. The molecule has 1 heterocycles. The maximum absolute atomic E-state index is 12.1. The van der Waals surface area contributed by atoms with Crippen LogP contribution < -0.4 is 10.6 Å². The Balaban J connectivity index is 1.41. The van der Waals surface area contributed by atoms with Gasteiger partial charge in [-0.2, -0.15) is 0 Å². The van der Waals surface area contributed by atoms with Gasteiger partial charge in [-0.15, -0.1) is 11.3 Å². The summed E-state index contributed by atoms with van der Waals surface area (Å²) in [5.41, 5.74) is 3.35. The third-order valence-electron chi connectivity index (χ3n) is 3.99. The fourth-order valence-electron chi connectivity index (χ4n) is 2.59. The summed E-state index contributed by atoms with van der Waals surface area (Å²) in [5, 5.41) is 8.75. The fourth-order valence-corrected chi connectivity index (χ4v) is 3.21. The fraction of sp³-hybridized carbons (Fsp3) is 0.190. The number of aryl methyl sites for hydroxylation is 1. The van der Waals surface area contributed by atoms with E-state index in [1.165, 1.54) is 0 Å². The molecule has 3 rings (SSSR count). The molecule has 0 unspecified atom stereocenters. The van der Waals surface area contributed by atoms with Gasteiger partial charge in [-0.05, 0) is 37.6 Å². The number of hydrogen-bond acceptors (Lipinski definition) is 4. The first kappa shape index (κ1) is 18.8. The Morgan fingerprint density at radius 1 is 1.04 bits per heavy atom. The third kappa shape index (κ3) is 5.49. The van der Waals surface area contributed by atoms with Crippen LogP contribution in [0.1, 0.15) is 28.2 Å². The molecule has 1 aromatic heterocycles. The molecule has 6 heteroatoms. The van der Waals surface area contributed by atoms with Crippen molar-refractivity contribution in [1.82, 2.24) is 10.3 Å². The molecular formula is C21H21N3O2S. The Hall–Kier alpha value is -2.99. The van der Waals surface area contributed by atoms with Gasteiger partial charge in [0.2, 0.25) is 5.91 Å². The van der Waals surface area contributed by atoms with Crippen molar-refractivity contribution in [1.29, 1.82) is 0 Å². The van der Waals surface area contributed by atoms with Crippen LogP contribution in [0.3, 0.4) is 0 Å². The van der Waals surface area contributed by atoms with Crippen LogP contribution in [0.15, 0.2) is 60.0 Å². The number of rotatable bonds is 7. The van der Waals surface area contributed by atoms with E-state index in [1.54, 1.807) is 23.5 Å². The van der Waals surface area contributed by atoms with Gasteiger partial charge in [0.25, 0.3) is 5.91 Å². The zero-order valence-corrected chi connectivity index (χ0v) is 15.9. The lowest BCUT2D eigenvalue weighted by molar-refractivity contribution is -0.116. The van der Waals surface area contributed by atoms with Gasteiger partial charge in [-0.3, -0.25) is 9.59 Å². The van der Waals surface area contributed by atoms with Gasteiger partial charge in [-0.25, -0.2) is 4.98 Å². The van der Waals surface area contributed by atoms with Crippen LogP contribution in [-0.2, 0) is 4.79 Å². The highest BCUT2D eigenvalue weighted by Gasteiger charge is 2.06. The lowest BCUT2D eigenvalue weighted by atomic mass is 10.1. The Kier molecular flexibility index (Phi) is 6.33. The summed E-state index contributed by atoms with van der Waals surface area (Å²) in [6.45, 7) is 2.44. The minimum atomic E-state index is -0.121. The van der Waals surface area contributed by atoms with Gasteiger partial charge in [0, 0.05) is 35.2 Å². The molecule has 0 bridgehead atoms. The average Bonchev–Trinajstić information content (AvgIpc) is 3.13. The second-order valence-electron chi connectivity index (χ2n) is 6.10. The van der Waals surface area contributed by atoms with Gasteiger partial charge >= 0.3 is 0 Å². The molecule has 27 heavy (non-hydrogen) atoms. The summed E-state index contributed by atoms with van der Waals surface area (Å²) in [6.07, 6.45) is 0.933. The number of anilines is 1. The van der Waals surface area contributed by atoms with Crippen LogP contribution in [0.5, 0.6) is 0 Å². The number of carbonyl (C=O) groups excluding carboxylic acids is 2. The van der Waals surface area contributed by atoms with Crippen molar-refractivity contribution in [3.8, 4) is 11.3 Å². The highest BCUT2D eigenvalue weighted by molar-refractivity contribution is 7.09. The van der Waals surface area contributed by atoms with Crippen molar-refractivity contribution >= 4 is 28.8 Å². The number of carbonyl (C=O) groups is 2. The predicted octanol–water partition coefficient (Wildman–Crippen LogP) is 4.27. The first-order valence-corrected chi connectivity index (χ1v) is 9.65. The topological polar surface area (TPSA) is 71.1 Å². The number of benzene rings is 2. The number of nitrogens with zero attached hydrogens (tertiary/aromatic N) is 1. The lowest BCUT2D eigenvalue weighted by Gasteiger charge is -2.07. The molecule has 0 saturated heterocycles. The molecule has 0 radical (unpaired) electrons. The molecule has 0 spiro atoms. The summed E-state index contributed by atoms with van der Waals surface area (Å²) in [5.74, 6) is -0.190. The summed E-state index contributed by atoms with van der Waals surface area (Å²) in [4.78, 5) is 28.4. The largest absolute Gasteiger partial charge is 0.352 e. The number of aromatic nitrogens is 1. The Morgan fingerprint density at radius 3 is 2.44 bits per heavy atom. The van der Waals surface area contributed by atoms with Crippen LogP contribution >= 0.6 is 11.3 Å². The van der Waals surface area contributed by atoms with E-state index < -0.39 is 0 Å². The normalized spacial score (nSPS) is 10.4. The van der Waals surface area contributed by atoms with Crippen molar-refractivity contribution in [2.75, 3.05) is 11.9 Å². The van der Waals surface area contributed by atoms with E-state index in [9.17, 15) is 9.59 Å². The summed E-state index contributed by atoms with van der Waals surface area (Å²) < 4.78 is 0. The van der Waals surface area contributed by atoms with Gasteiger partial charge in [0.05, 0.1) is 10.7 Å². The molecule has 0 atom stereocenters. The number of hydrogen-bond donors (Lipinski definition) is 2. The lowest BCUT2D eigenvalue weighted by Crippen LogP contribution is -2.25. The molecule has 2 N–H and O–H groups in total. The number of amides is 2. The minimum Gasteiger partial charge on any atom is -0.352 e. The van der Waals surface area contributed by atoms with E-state index in [1.807, 2.05) is 54.8 Å². The van der Waals surface area contributed by atoms with Crippen LogP contribution in [-0.4, -0.2) is 23.3 Å². The molecule has 0 aliphatic carbocycles. The van der Waals surface area contributed by atoms with Crippen LogP contribution in [0.2, 0.25) is 0 Å². The second-order valence-corrected chi connectivity index (χ2v) is 7.16. The maximum Gasteiger partial charge on any atom is 0.251 e. The van der Waals surface area contributed by atoms with Crippen molar-refractivity contribution in [2.45, 2.75) is 19.8 Å². The van der Waals surface area contributed by atoms with E-state index >= 15 is 0 Å². The highest BCUT2D eigenvalue weighted by Crippen LogP contribution is 2.23. The van der Waals surface area contributed by atoms with E-state index in [0.29, 0.717) is 24.9 Å². The van der Waals surface area contributed by atoms with E-state index in [2.05, 4.69) is 15.6 Å². The van der Waals surface area contributed by atoms with Gasteiger partial charge in [0.15, 0.2) is 0 Å². The van der Waals surface area contributed by atoms with E-state index in [4.69, 9.17) is 0 Å². The van der Waals surface area contributed by atoms with Crippen molar-refractivity contribution in [3.63, 3.8) is 0 Å². The maximum atomic E-state index is 12.1. The van der Waals surface area contributed by atoms with E-state index in [-0.39, 0.29) is 11.8 Å². The Labute approximate surface area is 162 Å². The zero-order chi connectivity index (χ0) is 19.1. The molecule has 0 fully saturated rings. The molecule has 0 aliphatic rings. The van der Waals surface area contributed by atoms with Crippen LogP contribution in [0.25, 0.3) is 11.3 Å². The SMILES string of the molecule is Cc1nc(-c2ccc(NC(=O)CCCNC(=O)c3ccccc3)cc2)cs1. The number of nitrogens with one attached hydrogen (secondary N) is 2. The van der Waals surface area contributed by atoms with Gasteiger partial charge in [0.1, 0.15) is 0 Å². The molecular weight excluding hydrogens is 358 g/mol. The quantitative estimate of drug-likeness (QED) is 0.602. The summed E-state index contributed by atoms with van der Waals surface area (Å²) in [7, 11) is 0. The van der Waals surface area contributed by atoms with Crippen LogP contribution in [0.4, 0.5) is 5.69 Å². The van der Waals surface area contributed by atoms with Gasteiger partial charge < -0.3 is 10.6 Å². The molecule has 3 aromatic rings. The van der Waals surface area contributed by atoms with Gasteiger partial charge in [-0.1, -0.05) is 30.3 Å². The predicted molar refractivity (Wildman–Crippen MR) is 109 cm³/mol. The Bertz CT molecular complexity index is 905. The van der Waals surface area contributed by atoms with Crippen LogP contribution in [0, 0.1) is 6.92 Å². The number of thiazole rings is 1. The molecule has 138 valence electrons. The highest BCUT2D eigenvalue weighted by atomic mass is 32.1. The third-order valence-corrected chi connectivity index (χ3v) is 4.76. The zero-order valence-electron chi connectivity index (χ0n) is 15.1. The molecule has 0 aliphatic heterocycles. The standard InChI is InChI=1S/C21H21N3O2S/c1-15-23-19(14-27-15)16-9-11-18(12-10-16)24-20(25)8-5-13-22-21(26)17-6-3-2-4-7-17/h2-4,6-7,9-12,14H,5,8,13H2,1H3,(H,22,26)(H,24,25).